The van der Waals surface area contributed by atoms with Gasteiger partial charge in [-0.2, -0.15) is 0 Å². The molecule has 5 nitrogen and oxygen atoms in total. The van der Waals surface area contributed by atoms with Crippen LogP contribution < -0.4 is 4.90 Å². The Hall–Kier alpha value is -1.91. The van der Waals surface area contributed by atoms with Crippen molar-refractivity contribution >= 4 is 17.3 Å². The standard InChI is InChI=1S/C12H14N2O3/c15-12-8-2-1-5-9-13(12)10-6-3-4-7-11(10)14(16)17/h3-4,6-7H,1-2,5,8-9H2. The molecule has 0 bridgehead atoms. The number of hydrogen-bond donors (Lipinski definition) is 0. The summed E-state index contributed by atoms with van der Waals surface area (Å²) in [4.78, 5) is 23.9. The van der Waals surface area contributed by atoms with Crippen molar-refractivity contribution in [3.05, 3.63) is 34.4 Å². The number of amides is 1. The monoisotopic (exact) mass is 234 g/mol. The molecule has 0 saturated carbocycles. The summed E-state index contributed by atoms with van der Waals surface area (Å²) in [6, 6.07) is 6.42. The van der Waals surface area contributed by atoms with E-state index < -0.39 is 4.92 Å². The number of hydrogen-bond acceptors (Lipinski definition) is 3. The maximum Gasteiger partial charge on any atom is 0.292 e. The summed E-state index contributed by atoms with van der Waals surface area (Å²) in [5.41, 5.74) is 0.423. The molecule has 1 aromatic carbocycles. The minimum absolute atomic E-state index is 0.00255. The smallest absolute Gasteiger partial charge is 0.292 e. The van der Waals surface area contributed by atoms with Crippen LogP contribution in [0.4, 0.5) is 11.4 Å². The lowest BCUT2D eigenvalue weighted by molar-refractivity contribution is -0.384. The van der Waals surface area contributed by atoms with Crippen LogP contribution in [0.15, 0.2) is 24.3 Å². The fourth-order valence-corrected chi connectivity index (χ4v) is 2.08. The SMILES string of the molecule is O=C1CCCCCN1c1ccccc1[N+](=O)[O-]. The maximum atomic E-state index is 11.9. The van der Waals surface area contributed by atoms with E-state index in [4.69, 9.17) is 0 Å². The quantitative estimate of drug-likeness (QED) is 0.583. The Kier molecular flexibility index (Phi) is 3.37. The summed E-state index contributed by atoms with van der Waals surface area (Å²) in [6.45, 7) is 0.573. The van der Waals surface area contributed by atoms with Gasteiger partial charge in [-0.3, -0.25) is 14.9 Å². The van der Waals surface area contributed by atoms with Gasteiger partial charge in [-0.15, -0.1) is 0 Å². The van der Waals surface area contributed by atoms with Gasteiger partial charge in [-0.25, -0.2) is 0 Å². The highest BCUT2D eigenvalue weighted by molar-refractivity contribution is 5.95. The van der Waals surface area contributed by atoms with Crippen molar-refractivity contribution < 1.29 is 9.72 Å². The van der Waals surface area contributed by atoms with Crippen LogP contribution in [0.3, 0.4) is 0 Å². The van der Waals surface area contributed by atoms with Gasteiger partial charge < -0.3 is 4.90 Å². The van der Waals surface area contributed by atoms with Crippen molar-refractivity contribution in [3.8, 4) is 0 Å². The first-order valence-corrected chi connectivity index (χ1v) is 5.74. The highest BCUT2D eigenvalue weighted by atomic mass is 16.6. The lowest BCUT2D eigenvalue weighted by Gasteiger charge is -2.20. The summed E-state index contributed by atoms with van der Waals surface area (Å²) in [6.07, 6.45) is 3.25. The fourth-order valence-electron chi connectivity index (χ4n) is 2.08. The Morgan fingerprint density at radius 3 is 2.71 bits per heavy atom. The second-order valence-corrected chi connectivity index (χ2v) is 4.10. The average molecular weight is 234 g/mol. The van der Waals surface area contributed by atoms with E-state index in [0.29, 0.717) is 18.7 Å². The van der Waals surface area contributed by atoms with Crippen LogP contribution in [0.2, 0.25) is 0 Å². The van der Waals surface area contributed by atoms with Crippen molar-refractivity contribution in [1.29, 1.82) is 0 Å². The fraction of sp³-hybridized carbons (Fsp3) is 0.417. The summed E-state index contributed by atoms with van der Waals surface area (Å²) in [7, 11) is 0. The molecule has 2 rings (SSSR count). The summed E-state index contributed by atoms with van der Waals surface area (Å²) >= 11 is 0. The number of nitro benzene ring substituents is 1. The van der Waals surface area contributed by atoms with Crippen molar-refractivity contribution in [2.45, 2.75) is 25.7 Å². The van der Waals surface area contributed by atoms with Crippen molar-refractivity contribution in [3.63, 3.8) is 0 Å². The Bertz CT molecular complexity index is 445. The first-order valence-electron chi connectivity index (χ1n) is 5.74. The van der Waals surface area contributed by atoms with Gasteiger partial charge >= 0.3 is 0 Å². The molecule has 1 aliphatic rings. The van der Waals surface area contributed by atoms with E-state index in [-0.39, 0.29) is 11.6 Å². The number of rotatable bonds is 2. The molecule has 0 spiro atoms. The van der Waals surface area contributed by atoms with Gasteiger partial charge in [0, 0.05) is 19.0 Å². The van der Waals surface area contributed by atoms with Crippen LogP contribution in [0, 0.1) is 10.1 Å². The van der Waals surface area contributed by atoms with Gasteiger partial charge in [0.2, 0.25) is 5.91 Å². The van der Waals surface area contributed by atoms with Crippen LogP contribution in [0.1, 0.15) is 25.7 Å². The number of benzene rings is 1. The van der Waals surface area contributed by atoms with Gasteiger partial charge in [0.25, 0.3) is 5.69 Å². The van der Waals surface area contributed by atoms with Crippen molar-refractivity contribution in [1.82, 2.24) is 0 Å². The van der Waals surface area contributed by atoms with Crippen molar-refractivity contribution in [2.24, 2.45) is 0 Å². The van der Waals surface area contributed by atoms with Crippen LogP contribution in [0.25, 0.3) is 0 Å². The molecule has 0 aromatic heterocycles. The average Bonchev–Trinajstić information content (AvgIpc) is 2.54. The molecule has 1 fully saturated rings. The van der Waals surface area contributed by atoms with E-state index >= 15 is 0 Å². The molecule has 0 atom stereocenters. The first-order chi connectivity index (χ1) is 8.20. The summed E-state index contributed by atoms with van der Waals surface area (Å²) in [5.74, 6) is -0.0169. The van der Waals surface area contributed by atoms with E-state index in [1.165, 1.54) is 6.07 Å². The molecule has 1 aromatic rings. The number of para-hydroxylation sites is 2. The molecule has 1 aliphatic heterocycles. The number of anilines is 1. The third-order valence-electron chi connectivity index (χ3n) is 2.94. The van der Waals surface area contributed by atoms with Gasteiger partial charge in [0.15, 0.2) is 0 Å². The van der Waals surface area contributed by atoms with Crippen LogP contribution >= 0.6 is 0 Å². The number of nitro groups is 1. The minimum Gasteiger partial charge on any atom is -0.306 e. The van der Waals surface area contributed by atoms with E-state index in [2.05, 4.69) is 0 Å². The second kappa shape index (κ2) is 4.95. The number of carbonyl (C=O) groups excluding carboxylic acids is 1. The molecule has 1 saturated heterocycles. The molecule has 0 radical (unpaired) electrons. The van der Waals surface area contributed by atoms with Crippen molar-refractivity contribution in [2.75, 3.05) is 11.4 Å². The Balaban J connectivity index is 2.37. The highest BCUT2D eigenvalue weighted by Gasteiger charge is 2.24. The molecule has 17 heavy (non-hydrogen) atoms. The molecular formula is C12H14N2O3. The van der Waals surface area contributed by atoms with Crippen LogP contribution in [0.5, 0.6) is 0 Å². The minimum atomic E-state index is -0.437. The Morgan fingerprint density at radius 2 is 1.94 bits per heavy atom. The van der Waals surface area contributed by atoms with E-state index in [1.807, 2.05) is 0 Å². The van der Waals surface area contributed by atoms with Crippen LogP contribution in [-0.4, -0.2) is 17.4 Å². The highest BCUT2D eigenvalue weighted by Crippen LogP contribution is 2.29. The van der Waals surface area contributed by atoms with Gasteiger partial charge in [-0.05, 0) is 18.9 Å². The summed E-state index contributed by atoms with van der Waals surface area (Å²) < 4.78 is 0. The lowest BCUT2D eigenvalue weighted by atomic mass is 10.2. The summed E-state index contributed by atoms with van der Waals surface area (Å²) in [5, 5.41) is 10.9. The third-order valence-corrected chi connectivity index (χ3v) is 2.94. The van der Waals surface area contributed by atoms with Gasteiger partial charge in [0.05, 0.1) is 4.92 Å². The second-order valence-electron chi connectivity index (χ2n) is 4.10. The molecule has 1 amide bonds. The molecule has 1 heterocycles. The first kappa shape index (κ1) is 11.6. The predicted molar refractivity (Wildman–Crippen MR) is 63.9 cm³/mol. The topological polar surface area (TPSA) is 63.5 Å². The zero-order valence-corrected chi connectivity index (χ0v) is 9.46. The normalized spacial score (nSPS) is 16.7. The number of nitrogens with zero attached hydrogens (tertiary/aromatic N) is 2. The molecular weight excluding hydrogens is 220 g/mol. The van der Waals surface area contributed by atoms with E-state index in [0.717, 1.165) is 19.3 Å². The molecule has 0 N–H and O–H groups in total. The molecule has 0 unspecified atom stereocenters. The van der Waals surface area contributed by atoms with E-state index in [9.17, 15) is 14.9 Å². The van der Waals surface area contributed by atoms with Gasteiger partial charge in [0.1, 0.15) is 5.69 Å². The largest absolute Gasteiger partial charge is 0.306 e. The Morgan fingerprint density at radius 1 is 1.18 bits per heavy atom. The molecule has 0 aliphatic carbocycles. The third kappa shape index (κ3) is 2.43. The molecule has 5 heteroatoms. The zero-order valence-electron chi connectivity index (χ0n) is 9.46. The zero-order chi connectivity index (χ0) is 12.3. The van der Waals surface area contributed by atoms with E-state index in [1.54, 1.807) is 23.1 Å². The lowest BCUT2D eigenvalue weighted by Crippen LogP contribution is -2.30. The predicted octanol–water partition coefficient (Wildman–Crippen LogP) is 2.50. The molecule has 90 valence electrons. The maximum absolute atomic E-state index is 11.9. The van der Waals surface area contributed by atoms with Gasteiger partial charge in [-0.1, -0.05) is 18.6 Å². The van der Waals surface area contributed by atoms with Crippen LogP contribution in [-0.2, 0) is 4.79 Å². The Labute approximate surface area is 99.2 Å². The number of carbonyl (C=O) groups is 1.